The number of esters is 1. The largest absolute Gasteiger partial charge is 0.465 e. The Morgan fingerprint density at radius 3 is 1.07 bits per heavy atom. The first kappa shape index (κ1) is 44.5. The summed E-state index contributed by atoms with van der Waals surface area (Å²) in [4.78, 5) is 13.4. The van der Waals surface area contributed by atoms with Gasteiger partial charge in [0.15, 0.2) is 0 Å². The molecule has 0 aliphatic heterocycles. The molecule has 0 aromatic carbocycles. The van der Waals surface area contributed by atoms with Crippen molar-refractivity contribution >= 4 is 5.97 Å². The maximum Gasteiger partial charge on any atom is 0.308 e. The zero-order valence-corrected chi connectivity index (χ0v) is 32.5. The van der Waals surface area contributed by atoms with Crippen LogP contribution in [0.25, 0.3) is 0 Å². The molecule has 0 amide bonds. The molecule has 2 nitrogen and oxygen atoms in total. The van der Waals surface area contributed by atoms with Crippen LogP contribution in [0.15, 0.2) is 0 Å². The van der Waals surface area contributed by atoms with Crippen LogP contribution in [0.2, 0.25) is 0 Å². The van der Waals surface area contributed by atoms with Crippen molar-refractivity contribution in [3.05, 3.63) is 0 Å². The molecular weight excluding hydrogens is 548 g/mol. The fourth-order valence-corrected chi connectivity index (χ4v) is 7.69. The highest BCUT2D eigenvalue weighted by Gasteiger charge is 2.30. The first-order chi connectivity index (χ1) is 21.7. The van der Waals surface area contributed by atoms with E-state index < -0.39 is 0 Å². The average molecular weight is 635 g/mol. The zero-order valence-electron chi connectivity index (χ0n) is 32.5. The molecule has 0 aromatic heterocycles. The summed E-state index contributed by atoms with van der Waals surface area (Å²) in [5.74, 6) is 0.194. The molecule has 2 heteroatoms. The van der Waals surface area contributed by atoms with Crippen LogP contribution in [-0.4, -0.2) is 12.6 Å². The number of hydrogen-bond acceptors (Lipinski definition) is 2. The molecule has 0 aliphatic carbocycles. The molecule has 0 fully saturated rings. The van der Waals surface area contributed by atoms with Gasteiger partial charge in [0.1, 0.15) is 0 Å². The van der Waals surface area contributed by atoms with Crippen molar-refractivity contribution in [2.24, 2.45) is 16.7 Å². The lowest BCUT2D eigenvalue weighted by Gasteiger charge is -2.34. The minimum atomic E-state index is 0.0316. The standard InChI is InChI=1S/C43H86O2/c1-8-11-13-15-17-19-21-23-25-27-29-31-33-35-40(41(44)45-39-43(6,7)38-42(4,5)37-10-3)36-34-32-30-28-26-24-22-20-18-16-14-12-9-2/h40H,8-39H2,1-7H3. The van der Waals surface area contributed by atoms with E-state index in [1.807, 2.05) is 0 Å². The van der Waals surface area contributed by atoms with Gasteiger partial charge in [-0.05, 0) is 36.5 Å². The van der Waals surface area contributed by atoms with Crippen LogP contribution < -0.4 is 0 Å². The molecule has 0 heterocycles. The van der Waals surface area contributed by atoms with Crippen LogP contribution in [-0.2, 0) is 9.53 Å². The van der Waals surface area contributed by atoms with Gasteiger partial charge in [-0.15, -0.1) is 0 Å². The van der Waals surface area contributed by atoms with Gasteiger partial charge in [-0.2, -0.15) is 0 Å². The Morgan fingerprint density at radius 2 is 0.756 bits per heavy atom. The highest BCUT2D eigenvalue weighted by molar-refractivity contribution is 5.72. The van der Waals surface area contributed by atoms with E-state index in [1.54, 1.807) is 0 Å². The molecule has 0 N–H and O–H groups in total. The predicted octanol–water partition coefficient (Wildman–Crippen LogP) is 15.4. The molecule has 0 radical (unpaired) electrons. The summed E-state index contributed by atoms with van der Waals surface area (Å²) in [6, 6.07) is 0. The Morgan fingerprint density at radius 1 is 0.444 bits per heavy atom. The topological polar surface area (TPSA) is 26.3 Å². The van der Waals surface area contributed by atoms with E-state index in [4.69, 9.17) is 4.74 Å². The summed E-state index contributed by atoms with van der Waals surface area (Å²) in [6.07, 6.45) is 41.3. The number of carbonyl (C=O) groups excluding carboxylic acids is 1. The van der Waals surface area contributed by atoms with Crippen LogP contribution in [0.3, 0.4) is 0 Å². The average Bonchev–Trinajstić information content (AvgIpc) is 2.99. The van der Waals surface area contributed by atoms with Gasteiger partial charge in [-0.3, -0.25) is 4.79 Å². The number of ether oxygens (including phenoxy) is 1. The Labute approximate surface area is 285 Å². The Bertz CT molecular complexity index is 591. The molecule has 0 atom stereocenters. The summed E-state index contributed by atoms with van der Waals surface area (Å²) < 4.78 is 6.08. The van der Waals surface area contributed by atoms with Gasteiger partial charge in [0, 0.05) is 0 Å². The van der Waals surface area contributed by atoms with Crippen LogP contribution >= 0.6 is 0 Å². The van der Waals surface area contributed by atoms with Gasteiger partial charge >= 0.3 is 5.97 Å². The molecule has 0 spiro atoms. The van der Waals surface area contributed by atoms with E-state index >= 15 is 0 Å². The Hall–Kier alpha value is -0.530. The van der Waals surface area contributed by atoms with Crippen LogP contribution in [0, 0.1) is 16.7 Å². The summed E-state index contributed by atoms with van der Waals surface area (Å²) in [5.41, 5.74) is 0.331. The van der Waals surface area contributed by atoms with E-state index in [-0.39, 0.29) is 17.3 Å². The van der Waals surface area contributed by atoms with Gasteiger partial charge in [-0.25, -0.2) is 0 Å². The third-order valence-electron chi connectivity index (χ3n) is 10.1. The summed E-state index contributed by atoms with van der Waals surface area (Å²) in [7, 11) is 0. The van der Waals surface area contributed by atoms with Gasteiger partial charge in [-0.1, -0.05) is 222 Å². The molecule has 0 saturated heterocycles. The lowest BCUT2D eigenvalue weighted by atomic mass is 9.73. The van der Waals surface area contributed by atoms with Crippen molar-refractivity contribution in [3.8, 4) is 0 Å². The first-order valence-corrected chi connectivity index (χ1v) is 20.8. The summed E-state index contributed by atoms with van der Waals surface area (Å²) >= 11 is 0. The fraction of sp³-hybridized carbons (Fsp3) is 0.977. The molecular formula is C43H86O2. The molecule has 0 rings (SSSR count). The third kappa shape index (κ3) is 30.5. The molecule has 270 valence electrons. The highest BCUT2D eigenvalue weighted by Crippen LogP contribution is 2.37. The number of hydrogen-bond donors (Lipinski definition) is 0. The van der Waals surface area contributed by atoms with E-state index in [0.29, 0.717) is 12.0 Å². The molecule has 0 bridgehead atoms. The van der Waals surface area contributed by atoms with Gasteiger partial charge in [0.25, 0.3) is 0 Å². The SMILES string of the molecule is CCCCCCCCCCCCCCCC(CCCCCCCCCCCCCCC)C(=O)OCC(C)(C)CC(C)(C)CCC. The number of rotatable bonds is 35. The third-order valence-corrected chi connectivity index (χ3v) is 10.1. The highest BCUT2D eigenvalue weighted by atomic mass is 16.5. The molecule has 0 aliphatic rings. The van der Waals surface area contributed by atoms with Crippen molar-refractivity contribution in [1.29, 1.82) is 0 Å². The van der Waals surface area contributed by atoms with Gasteiger partial charge in [0.2, 0.25) is 0 Å². The van der Waals surface area contributed by atoms with Crippen LogP contribution in [0.4, 0.5) is 0 Å². The second-order valence-electron chi connectivity index (χ2n) is 16.6. The van der Waals surface area contributed by atoms with E-state index in [9.17, 15) is 4.79 Å². The lowest BCUT2D eigenvalue weighted by molar-refractivity contribution is -0.153. The molecule has 0 saturated carbocycles. The first-order valence-electron chi connectivity index (χ1n) is 20.8. The smallest absolute Gasteiger partial charge is 0.308 e. The Balaban J connectivity index is 4.36. The van der Waals surface area contributed by atoms with Crippen molar-refractivity contribution in [2.75, 3.05) is 6.61 Å². The van der Waals surface area contributed by atoms with Crippen molar-refractivity contribution < 1.29 is 9.53 Å². The monoisotopic (exact) mass is 635 g/mol. The number of carbonyl (C=O) groups is 1. The number of unbranched alkanes of at least 4 members (excludes halogenated alkanes) is 24. The van der Waals surface area contributed by atoms with Crippen molar-refractivity contribution in [1.82, 2.24) is 0 Å². The van der Waals surface area contributed by atoms with Crippen LogP contribution in [0.5, 0.6) is 0 Å². The van der Waals surface area contributed by atoms with Crippen molar-refractivity contribution in [2.45, 2.75) is 248 Å². The summed E-state index contributed by atoms with van der Waals surface area (Å²) in [5, 5.41) is 0. The van der Waals surface area contributed by atoms with Crippen LogP contribution in [0.1, 0.15) is 248 Å². The minimum Gasteiger partial charge on any atom is -0.465 e. The molecule has 0 unspecified atom stereocenters. The molecule has 0 aromatic rings. The van der Waals surface area contributed by atoms with E-state index in [2.05, 4.69) is 48.5 Å². The van der Waals surface area contributed by atoms with E-state index in [0.717, 1.165) is 19.3 Å². The Kier molecular flexibility index (Phi) is 30.4. The van der Waals surface area contributed by atoms with Gasteiger partial charge in [0.05, 0.1) is 12.5 Å². The van der Waals surface area contributed by atoms with E-state index in [1.165, 1.54) is 180 Å². The predicted molar refractivity (Wildman–Crippen MR) is 202 cm³/mol. The zero-order chi connectivity index (χ0) is 33.5. The second-order valence-corrected chi connectivity index (χ2v) is 16.6. The summed E-state index contributed by atoms with van der Waals surface area (Å²) in [6.45, 7) is 16.7. The maximum atomic E-state index is 13.4. The minimum absolute atomic E-state index is 0.0316. The van der Waals surface area contributed by atoms with Gasteiger partial charge < -0.3 is 4.74 Å². The quantitative estimate of drug-likeness (QED) is 0.0512. The second kappa shape index (κ2) is 30.8. The maximum absolute atomic E-state index is 13.4. The normalized spacial score (nSPS) is 12.4. The van der Waals surface area contributed by atoms with Crippen molar-refractivity contribution in [3.63, 3.8) is 0 Å². The lowest BCUT2D eigenvalue weighted by Crippen LogP contribution is -2.30. The molecule has 45 heavy (non-hydrogen) atoms. The fourth-order valence-electron chi connectivity index (χ4n) is 7.69.